The number of amides is 2. The molecule has 0 aromatic carbocycles. The Labute approximate surface area is 170 Å². The van der Waals surface area contributed by atoms with Crippen LogP contribution in [0.15, 0.2) is 6.20 Å². The molecule has 1 heterocycles. The number of carbonyl (C=O) groups excluding carboxylic acids is 2. The average Bonchev–Trinajstić information content (AvgIpc) is 3.37. The Bertz CT molecular complexity index is 791. The van der Waals surface area contributed by atoms with E-state index in [1.54, 1.807) is 10.9 Å². The summed E-state index contributed by atoms with van der Waals surface area (Å²) in [6.07, 6.45) is 9.38. The number of nitrogens with zero attached hydrogens (tertiary/aromatic N) is 2. The molecule has 4 aliphatic carbocycles. The van der Waals surface area contributed by atoms with Crippen LogP contribution in [0.3, 0.4) is 0 Å². The summed E-state index contributed by atoms with van der Waals surface area (Å²) >= 11 is 0. The number of fused-ring (bicyclic) bond motifs is 3. The molecule has 8 nitrogen and oxygen atoms in total. The van der Waals surface area contributed by atoms with Crippen molar-refractivity contribution in [3.05, 3.63) is 11.9 Å². The topological polar surface area (TPSA) is 113 Å². The number of carboxylic acid groups (broad SMARTS) is 1. The van der Waals surface area contributed by atoms with Gasteiger partial charge in [-0.15, -0.1) is 0 Å². The minimum Gasteiger partial charge on any atom is -0.481 e. The van der Waals surface area contributed by atoms with Crippen molar-refractivity contribution in [1.82, 2.24) is 15.1 Å². The van der Waals surface area contributed by atoms with Crippen molar-refractivity contribution >= 4 is 23.5 Å². The number of hydrogen-bond donors (Lipinski definition) is 3. The molecule has 4 saturated carbocycles. The average molecular weight is 402 g/mol. The first-order valence-corrected chi connectivity index (χ1v) is 10.9. The number of hydrogen-bond acceptors (Lipinski definition) is 4. The Morgan fingerprint density at radius 3 is 2.28 bits per heavy atom. The zero-order valence-electron chi connectivity index (χ0n) is 16.9. The normalized spacial score (nSPS) is 29.0. The highest BCUT2D eigenvalue weighted by Crippen LogP contribution is 2.49. The van der Waals surface area contributed by atoms with E-state index in [2.05, 4.69) is 15.7 Å². The smallest absolute Gasteiger partial charge is 0.307 e. The van der Waals surface area contributed by atoms with Crippen molar-refractivity contribution in [1.29, 1.82) is 0 Å². The van der Waals surface area contributed by atoms with Gasteiger partial charge in [0, 0.05) is 18.8 Å². The number of carboxylic acids is 1. The van der Waals surface area contributed by atoms with Crippen LogP contribution in [0.5, 0.6) is 0 Å². The van der Waals surface area contributed by atoms with Crippen LogP contribution in [0.1, 0.15) is 68.8 Å². The molecule has 1 aromatic heterocycles. The van der Waals surface area contributed by atoms with Crippen LogP contribution in [0.25, 0.3) is 0 Å². The molecule has 2 amide bonds. The zero-order chi connectivity index (χ0) is 20.5. The van der Waals surface area contributed by atoms with Crippen LogP contribution in [0.2, 0.25) is 0 Å². The Morgan fingerprint density at radius 1 is 1.07 bits per heavy atom. The van der Waals surface area contributed by atoms with Gasteiger partial charge in [0.1, 0.15) is 0 Å². The maximum absolute atomic E-state index is 13.1. The van der Waals surface area contributed by atoms with Gasteiger partial charge in [-0.1, -0.05) is 12.8 Å². The molecule has 1 aromatic rings. The lowest BCUT2D eigenvalue weighted by Crippen LogP contribution is -2.49. The maximum atomic E-state index is 13.1. The summed E-state index contributed by atoms with van der Waals surface area (Å²) in [5.74, 6) is -2.48. The van der Waals surface area contributed by atoms with Crippen LogP contribution in [0.4, 0.5) is 5.69 Å². The largest absolute Gasteiger partial charge is 0.481 e. The second-order valence-corrected chi connectivity index (χ2v) is 8.76. The molecule has 0 saturated heterocycles. The third-order valence-corrected chi connectivity index (χ3v) is 7.06. The molecule has 2 bridgehead atoms. The highest BCUT2D eigenvalue weighted by atomic mass is 16.4. The van der Waals surface area contributed by atoms with E-state index in [0.717, 1.165) is 51.4 Å². The lowest BCUT2D eigenvalue weighted by atomic mass is 9.58. The lowest BCUT2D eigenvalue weighted by Gasteiger charge is -2.45. The van der Waals surface area contributed by atoms with E-state index >= 15 is 0 Å². The second-order valence-electron chi connectivity index (χ2n) is 8.76. The van der Waals surface area contributed by atoms with Crippen molar-refractivity contribution in [2.45, 2.75) is 70.9 Å². The molecule has 3 N–H and O–H groups in total. The lowest BCUT2D eigenvalue weighted by molar-refractivity contribution is -0.156. The van der Waals surface area contributed by atoms with E-state index < -0.39 is 17.8 Å². The minimum atomic E-state index is -0.886. The molecular weight excluding hydrogens is 372 g/mol. The highest BCUT2D eigenvalue weighted by Gasteiger charge is 2.50. The van der Waals surface area contributed by atoms with Crippen molar-refractivity contribution in [2.75, 3.05) is 5.32 Å². The maximum Gasteiger partial charge on any atom is 0.307 e. The summed E-state index contributed by atoms with van der Waals surface area (Å²) in [4.78, 5) is 37.8. The van der Waals surface area contributed by atoms with Crippen molar-refractivity contribution in [2.24, 2.45) is 23.7 Å². The summed E-state index contributed by atoms with van der Waals surface area (Å²) in [6, 6.07) is 0.156. The summed E-state index contributed by atoms with van der Waals surface area (Å²) < 4.78 is 1.63. The fraction of sp³-hybridized carbons (Fsp3) is 0.714. The molecule has 0 radical (unpaired) electrons. The third-order valence-electron chi connectivity index (χ3n) is 7.06. The first-order chi connectivity index (χ1) is 14.0. The van der Waals surface area contributed by atoms with E-state index in [9.17, 15) is 19.5 Å². The predicted molar refractivity (Wildman–Crippen MR) is 106 cm³/mol. The highest BCUT2D eigenvalue weighted by molar-refractivity contribution is 6.03. The molecule has 0 unspecified atom stereocenters. The van der Waals surface area contributed by atoms with E-state index in [0.29, 0.717) is 12.2 Å². The van der Waals surface area contributed by atoms with Crippen LogP contribution >= 0.6 is 0 Å². The second kappa shape index (κ2) is 8.16. The quantitative estimate of drug-likeness (QED) is 0.677. The third kappa shape index (κ3) is 3.89. The molecule has 0 aliphatic heterocycles. The van der Waals surface area contributed by atoms with Gasteiger partial charge in [-0.05, 0) is 57.3 Å². The molecule has 5 rings (SSSR count). The Kier molecular flexibility index (Phi) is 5.61. The van der Waals surface area contributed by atoms with Gasteiger partial charge >= 0.3 is 5.97 Å². The van der Waals surface area contributed by atoms with Gasteiger partial charge in [0.2, 0.25) is 5.91 Å². The van der Waals surface area contributed by atoms with Gasteiger partial charge < -0.3 is 15.7 Å². The van der Waals surface area contributed by atoms with Gasteiger partial charge in [-0.3, -0.25) is 19.1 Å². The SMILES string of the molecule is CCn1cc(NC(=O)[C@H]2C3CCC(CC3)[C@H]2C(=O)O)c(C(=O)NC2CCCC2)n1. The van der Waals surface area contributed by atoms with E-state index in [1.807, 2.05) is 6.92 Å². The van der Waals surface area contributed by atoms with Gasteiger partial charge in [0.05, 0.1) is 17.5 Å². The number of rotatable bonds is 6. The van der Waals surface area contributed by atoms with Crippen molar-refractivity contribution in [3.8, 4) is 0 Å². The van der Waals surface area contributed by atoms with Gasteiger partial charge in [0.25, 0.3) is 5.91 Å². The van der Waals surface area contributed by atoms with Crippen molar-refractivity contribution < 1.29 is 19.5 Å². The van der Waals surface area contributed by atoms with Crippen LogP contribution < -0.4 is 10.6 Å². The van der Waals surface area contributed by atoms with Crippen molar-refractivity contribution in [3.63, 3.8) is 0 Å². The fourth-order valence-corrected chi connectivity index (χ4v) is 5.56. The Morgan fingerprint density at radius 2 is 1.69 bits per heavy atom. The molecule has 8 heteroatoms. The zero-order valence-corrected chi connectivity index (χ0v) is 16.9. The fourth-order valence-electron chi connectivity index (χ4n) is 5.56. The predicted octanol–water partition coefficient (Wildman–Crippen LogP) is 2.65. The Hall–Kier alpha value is -2.38. The molecular formula is C21H30N4O4. The molecule has 4 fully saturated rings. The monoisotopic (exact) mass is 402 g/mol. The van der Waals surface area contributed by atoms with E-state index in [4.69, 9.17) is 0 Å². The van der Waals surface area contributed by atoms with Gasteiger partial charge in [-0.2, -0.15) is 5.10 Å². The molecule has 29 heavy (non-hydrogen) atoms. The number of nitrogens with one attached hydrogen (secondary N) is 2. The number of carbonyl (C=O) groups is 3. The van der Waals surface area contributed by atoms with Crippen LogP contribution in [0, 0.1) is 23.7 Å². The molecule has 2 atom stereocenters. The van der Waals surface area contributed by atoms with Gasteiger partial charge in [0.15, 0.2) is 5.69 Å². The molecule has 0 spiro atoms. The molecule has 4 aliphatic rings. The van der Waals surface area contributed by atoms with Gasteiger partial charge in [-0.25, -0.2) is 0 Å². The first-order valence-electron chi connectivity index (χ1n) is 10.9. The number of aryl methyl sites for hydroxylation is 1. The standard InChI is InChI=1S/C21H30N4O4/c1-2-25-11-15(18(24-25)20(27)22-14-5-3-4-6-14)23-19(26)16-12-7-9-13(10-8-12)17(16)21(28)29/h11-14,16-17H,2-10H2,1H3,(H,22,27)(H,23,26)(H,28,29)/t12?,13?,16-,17+/m0/s1. The summed E-state index contributed by atoms with van der Waals surface area (Å²) in [5.41, 5.74) is 0.581. The van der Waals surface area contributed by atoms with E-state index in [1.165, 1.54) is 0 Å². The van der Waals surface area contributed by atoms with E-state index in [-0.39, 0.29) is 35.4 Å². The number of aromatic nitrogens is 2. The summed E-state index contributed by atoms with van der Waals surface area (Å²) in [5, 5.41) is 20.0. The summed E-state index contributed by atoms with van der Waals surface area (Å²) in [7, 11) is 0. The summed E-state index contributed by atoms with van der Waals surface area (Å²) in [6.45, 7) is 2.49. The minimum absolute atomic E-state index is 0.0664. The molecule has 158 valence electrons. The van der Waals surface area contributed by atoms with Crippen LogP contribution in [-0.2, 0) is 16.1 Å². The number of anilines is 1. The first kappa shape index (κ1) is 19.9. The van der Waals surface area contributed by atoms with Crippen LogP contribution in [-0.4, -0.2) is 38.7 Å². The number of aliphatic carboxylic acids is 1. The Balaban J connectivity index is 1.53.